The van der Waals surface area contributed by atoms with Crippen molar-refractivity contribution < 1.29 is 4.79 Å². The number of nitrogen functional groups attached to an aromatic ring is 1. The van der Waals surface area contributed by atoms with Gasteiger partial charge in [0.1, 0.15) is 0 Å². The number of benzene rings is 2. The summed E-state index contributed by atoms with van der Waals surface area (Å²) < 4.78 is 0.623. The van der Waals surface area contributed by atoms with Gasteiger partial charge in [-0.25, -0.2) is 0 Å². The highest BCUT2D eigenvalue weighted by atomic mass is 79.9. The normalized spacial score (nSPS) is 10.6. The van der Waals surface area contributed by atoms with E-state index in [0.717, 1.165) is 5.69 Å². The van der Waals surface area contributed by atoms with Crippen LogP contribution in [0.25, 0.3) is 0 Å². The van der Waals surface area contributed by atoms with E-state index in [9.17, 15) is 4.79 Å². The van der Waals surface area contributed by atoms with Crippen LogP contribution in [0.5, 0.6) is 0 Å². The summed E-state index contributed by atoms with van der Waals surface area (Å²) in [5, 5.41) is 2.90. The van der Waals surface area contributed by atoms with Crippen molar-refractivity contribution in [1.29, 1.82) is 0 Å². The average Bonchev–Trinajstić information content (AvgIpc) is 2.42. The zero-order chi connectivity index (χ0) is 14.7. The molecular weight excluding hydrogens is 316 g/mol. The van der Waals surface area contributed by atoms with Crippen molar-refractivity contribution in [3.8, 4) is 0 Å². The molecule has 104 valence electrons. The van der Waals surface area contributed by atoms with Gasteiger partial charge in [-0.3, -0.25) is 4.79 Å². The van der Waals surface area contributed by atoms with Crippen LogP contribution in [-0.2, 0) is 0 Å². The minimum atomic E-state index is -0.176. The van der Waals surface area contributed by atoms with Crippen molar-refractivity contribution in [1.82, 2.24) is 0 Å². The minimum absolute atomic E-state index is 0.176. The Balaban J connectivity index is 2.24. The van der Waals surface area contributed by atoms with Crippen molar-refractivity contribution in [3.63, 3.8) is 0 Å². The lowest BCUT2D eigenvalue weighted by Crippen LogP contribution is -2.13. The van der Waals surface area contributed by atoms with Gasteiger partial charge in [-0.05, 0) is 51.7 Å². The largest absolute Gasteiger partial charge is 0.398 e. The van der Waals surface area contributed by atoms with Gasteiger partial charge in [0.25, 0.3) is 5.91 Å². The molecule has 0 aromatic heterocycles. The lowest BCUT2D eigenvalue weighted by molar-refractivity contribution is 0.102. The predicted molar refractivity (Wildman–Crippen MR) is 87.0 cm³/mol. The van der Waals surface area contributed by atoms with E-state index in [2.05, 4.69) is 41.2 Å². The van der Waals surface area contributed by atoms with Crippen molar-refractivity contribution in [2.45, 2.75) is 19.8 Å². The average molecular weight is 333 g/mol. The molecule has 0 spiro atoms. The van der Waals surface area contributed by atoms with Gasteiger partial charge in [-0.15, -0.1) is 0 Å². The number of halogens is 1. The molecule has 0 bridgehead atoms. The lowest BCUT2D eigenvalue weighted by Gasteiger charge is -2.11. The maximum Gasteiger partial charge on any atom is 0.256 e. The van der Waals surface area contributed by atoms with E-state index in [0.29, 0.717) is 21.6 Å². The number of nitrogens with two attached hydrogens (primary N) is 1. The zero-order valence-corrected chi connectivity index (χ0v) is 13.1. The van der Waals surface area contributed by atoms with Gasteiger partial charge < -0.3 is 11.1 Å². The fraction of sp³-hybridized carbons (Fsp3) is 0.188. The van der Waals surface area contributed by atoms with Gasteiger partial charge in [0, 0.05) is 11.4 Å². The number of carbonyl (C=O) groups is 1. The fourth-order valence-corrected chi connectivity index (χ4v) is 2.34. The maximum absolute atomic E-state index is 12.3. The highest BCUT2D eigenvalue weighted by molar-refractivity contribution is 9.10. The summed E-state index contributed by atoms with van der Waals surface area (Å²) >= 11 is 3.35. The Bertz CT molecular complexity index is 638. The van der Waals surface area contributed by atoms with Gasteiger partial charge in [0.05, 0.1) is 10.0 Å². The molecule has 2 aromatic carbocycles. The summed E-state index contributed by atoms with van der Waals surface area (Å²) in [4.78, 5) is 12.3. The molecule has 0 atom stereocenters. The third kappa shape index (κ3) is 3.20. The van der Waals surface area contributed by atoms with E-state index < -0.39 is 0 Å². The first-order chi connectivity index (χ1) is 9.49. The van der Waals surface area contributed by atoms with Gasteiger partial charge in [-0.2, -0.15) is 0 Å². The predicted octanol–water partition coefficient (Wildman–Crippen LogP) is 4.41. The number of hydrogen-bond donors (Lipinski definition) is 2. The molecule has 20 heavy (non-hydrogen) atoms. The van der Waals surface area contributed by atoms with Crippen LogP contribution in [0, 0.1) is 0 Å². The Hall–Kier alpha value is -1.81. The molecule has 4 heteroatoms. The van der Waals surface area contributed by atoms with Crippen LogP contribution in [0.2, 0.25) is 0 Å². The van der Waals surface area contributed by atoms with Crippen molar-refractivity contribution in [2.24, 2.45) is 0 Å². The molecule has 0 aliphatic rings. The van der Waals surface area contributed by atoms with Crippen molar-refractivity contribution in [3.05, 3.63) is 58.1 Å². The Kier molecular flexibility index (Phi) is 4.45. The van der Waals surface area contributed by atoms with Gasteiger partial charge in [-0.1, -0.05) is 32.0 Å². The topological polar surface area (TPSA) is 55.1 Å². The second kappa shape index (κ2) is 6.09. The SMILES string of the molecule is CC(C)c1cccc(NC(=O)c2cccc(N)c2Br)c1. The van der Waals surface area contributed by atoms with Crippen LogP contribution >= 0.6 is 15.9 Å². The van der Waals surface area contributed by atoms with Crippen LogP contribution in [0.1, 0.15) is 35.7 Å². The second-order valence-corrected chi connectivity index (χ2v) is 5.74. The van der Waals surface area contributed by atoms with E-state index in [-0.39, 0.29) is 5.91 Å². The van der Waals surface area contributed by atoms with E-state index in [1.807, 2.05) is 18.2 Å². The first kappa shape index (κ1) is 14.6. The zero-order valence-electron chi connectivity index (χ0n) is 11.5. The molecule has 1 amide bonds. The molecule has 0 radical (unpaired) electrons. The Labute approximate surface area is 127 Å². The van der Waals surface area contributed by atoms with Gasteiger partial charge in [0.15, 0.2) is 0 Å². The van der Waals surface area contributed by atoms with Gasteiger partial charge in [0.2, 0.25) is 0 Å². The van der Waals surface area contributed by atoms with E-state index in [1.54, 1.807) is 18.2 Å². The maximum atomic E-state index is 12.3. The van der Waals surface area contributed by atoms with Crippen LogP contribution in [0.15, 0.2) is 46.9 Å². The fourth-order valence-electron chi connectivity index (χ4n) is 1.90. The van der Waals surface area contributed by atoms with E-state index in [4.69, 9.17) is 5.73 Å². The quantitative estimate of drug-likeness (QED) is 0.818. The Morgan fingerprint density at radius 2 is 1.90 bits per heavy atom. The summed E-state index contributed by atoms with van der Waals surface area (Å²) in [6, 6.07) is 13.1. The lowest BCUT2D eigenvalue weighted by atomic mass is 10.0. The number of anilines is 2. The minimum Gasteiger partial charge on any atom is -0.398 e. The molecule has 2 rings (SSSR count). The first-order valence-corrected chi connectivity index (χ1v) is 7.23. The van der Waals surface area contributed by atoms with Crippen LogP contribution in [-0.4, -0.2) is 5.91 Å². The summed E-state index contributed by atoms with van der Waals surface area (Å²) in [5.41, 5.74) is 8.84. The highest BCUT2D eigenvalue weighted by Crippen LogP contribution is 2.25. The summed E-state index contributed by atoms with van der Waals surface area (Å²) in [5.74, 6) is 0.246. The van der Waals surface area contributed by atoms with Crippen LogP contribution in [0.4, 0.5) is 11.4 Å². The molecule has 3 N–H and O–H groups in total. The van der Waals surface area contributed by atoms with E-state index in [1.165, 1.54) is 5.56 Å². The molecule has 2 aromatic rings. The monoisotopic (exact) mass is 332 g/mol. The molecule has 0 saturated carbocycles. The third-order valence-electron chi connectivity index (χ3n) is 3.08. The molecule has 0 unspecified atom stereocenters. The molecule has 0 heterocycles. The van der Waals surface area contributed by atoms with Crippen molar-refractivity contribution >= 4 is 33.2 Å². The van der Waals surface area contributed by atoms with Crippen LogP contribution < -0.4 is 11.1 Å². The molecular formula is C16H17BrN2O. The number of rotatable bonds is 3. The molecule has 3 nitrogen and oxygen atoms in total. The first-order valence-electron chi connectivity index (χ1n) is 6.44. The number of hydrogen-bond acceptors (Lipinski definition) is 2. The molecule has 0 aliphatic heterocycles. The molecule has 0 saturated heterocycles. The highest BCUT2D eigenvalue weighted by Gasteiger charge is 2.12. The number of amides is 1. The summed E-state index contributed by atoms with van der Waals surface area (Å²) in [7, 11) is 0. The smallest absolute Gasteiger partial charge is 0.256 e. The van der Waals surface area contributed by atoms with Gasteiger partial charge >= 0.3 is 0 Å². The Morgan fingerprint density at radius 1 is 1.20 bits per heavy atom. The number of nitrogens with one attached hydrogen (secondary N) is 1. The second-order valence-electron chi connectivity index (χ2n) is 4.94. The summed E-state index contributed by atoms with van der Waals surface area (Å²) in [6.07, 6.45) is 0. The standard InChI is InChI=1S/C16H17BrN2O/c1-10(2)11-5-3-6-12(9-11)19-16(20)13-7-4-8-14(18)15(13)17/h3-10H,18H2,1-2H3,(H,19,20). The van der Waals surface area contributed by atoms with E-state index >= 15 is 0 Å². The number of carbonyl (C=O) groups excluding carboxylic acids is 1. The summed E-state index contributed by atoms with van der Waals surface area (Å²) in [6.45, 7) is 4.24. The third-order valence-corrected chi connectivity index (χ3v) is 3.97. The molecule has 0 aliphatic carbocycles. The van der Waals surface area contributed by atoms with Crippen LogP contribution in [0.3, 0.4) is 0 Å². The van der Waals surface area contributed by atoms with Crippen molar-refractivity contribution in [2.75, 3.05) is 11.1 Å². The Morgan fingerprint density at radius 3 is 2.60 bits per heavy atom. The molecule has 0 fully saturated rings.